The van der Waals surface area contributed by atoms with Gasteiger partial charge in [-0.3, -0.25) is 4.40 Å². The lowest BCUT2D eigenvalue weighted by atomic mass is 10.2. The second-order valence-electron chi connectivity index (χ2n) is 4.10. The second-order valence-corrected chi connectivity index (χ2v) is 4.10. The van der Waals surface area contributed by atoms with Crippen LogP contribution in [0.2, 0.25) is 0 Å². The van der Waals surface area contributed by atoms with Crippen molar-refractivity contribution in [3.63, 3.8) is 0 Å². The molecule has 0 spiro atoms. The first-order chi connectivity index (χ1) is 8.90. The molecule has 1 aromatic carbocycles. The Labute approximate surface area is 105 Å². The summed E-state index contributed by atoms with van der Waals surface area (Å²) in [5.74, 6) is 0.878. The molecule has 0 aliphatic rings. The summed E-state index contributed by atoms with van der Waals surface area (Å²) in [6, 6.07) is 15.9. The molecule has 0 amide bonds. The summed E-state index contributed by atoms with van der Waals surface area (Å²) in [5, 5.41) is 0. The minimum Gasteiger partial charge on any atom is -0.303 e. The summed E-state index contributed by atoms with van der Waals surface area (Å²) in [5.41, 5.74) is 3.02. The lowest BCUT2D eigenvalue weighted by molar-refractivity contribution is -0.107. The first-order valence-corrected chi connectivity index (χ1v) is 5.84. The highest BCUT2D eigenvalue weighted by molar-refractivity contribution is 5.64. The van der Waals surface area contributed by atoms with Gasteiger partial charge in [0.25, 0.3) is 0 Å². The van der Waals surface area contributed by atoms with Crippen LogP contribution < -0.4 is 0 Å². The van der Waals surface area contributed by atoms with Gasteiger partial charge < -0.3 is 4.79 Å². The summed E-state index contributed by atoms with van der Waals surface area (Å²) < 4.78 is 2.03. The fourth-order valence-corrected chi connectivity index (χ4v) is 2.15. The van der Waals surface area contributed by atoms with E-state index in [1.807, 2.05) is 59.1 Å². The average molecular weight is 236 g/mol. The fourth-order valence-electron chi connectivity index (χ4n) is 2.15. The molecule has 2 heterocycles. The van der Waals surface area contributed by atoms with Crippen LogP contribution in [0, 0.1) is 0 Å². The van der Waals surface area contributed by atoms with E-state index in [1.54, 1.807) is 0 Å². The standard InChI is InChI=1S/C15H12N2O/c18-10-9-13-7-4-8-14-11-16-15(17(13)14)12-5-2-1-3-6-12/h1-8,10-11H,9H2. The number of pyridine rings is 1. The molecular formula is C15H12N2O. The summed E-state index contributed by atoms with van der Waals surface area (Å²) in [7, 11) is 0. The molecule has 0 bridgehead atoms. The molecule has 3 aromatic rings. The third kappa shape index (κ3) is 1.70. The average Bonchev–Trinajstić information content (AvgIpc) is 2.85. The molecule has 0 saturated heterocycles. The molecule has 88 valence electrons. The summed E-state index contributed by atoms with van der Waals surface area (Å²) in [6.07, 6.45) is 3.15. The van der Waals surface area contributed by atoms with Gasteiger partial charge in [0.15, 0.2) is 0 Å². The van der Waals surface area contributed by atoms with E-state index >= 15 is 0 Å². The predicted octanol–water partition coefficient (Wildman–Crippen LogP) is 2.74. The lowest BCUT2D eigenvalue weighted by Crippen LogP contribution is -1.99. The molecular weight excluding hydrogens is 224 g/mol. The van der Waals surface area contributed by atoms with Crippen molar-refractivity contribution in [1.82, 2.24) is 9.38 Å². The van der Waals surface area contributed by atoms with Crippen molar-refractivity contribution < 1.29 is 4.79 Å². The Bertz CT molecular complexity index is 686. The van der Waals surface area contributed by atoms with Gasteiger partial charge in [-0.1, -0.05) is 36.4 Å². The molecule has 3 nitrogen and oxygen atoms in total. The van der Waals surface area contributed by atoms with Crippen molar-refractivity contribution in [2.75, 3.05) is 0 Å². The van der Waals surface area contributed by atoms with Crippen LogP contribution in [0.15, 0.2) is 54.7 Å². The first kappa shape index (κ1) is 10.7. The number of aromatic nitrogens is 2. The second kappa shape index (κ2) is 4.45. The van der Waals surface area contributed by atoms with Gasteiger partial charge in [-0.05, 0) is 12.1 Å². The summed E-state index contributed by atoms with van der Waals surface area (Å²) in [4.78, 5) is 15.2. The van der Waals surface area contributed by atoms with Crippen molar-refractivity contribution in [3.05, 3.63) is 60.4 Å². The zero-order valence-corrected chi connectivity index (χ0v) is 9.78. The van der Waals surface area contributed by atoms with Crippen LogP contribution in [0.25, 0.3) is 16.9 Å². The maximum absolute atomic E-state index is 10.8. The van der Waals surface area contributed by atoms with E-state index in [2.05, 4.69) is 4.98 Å². The van der Waals surface area contributed by atoms with E-state index in [-0.39, 0.29) is 0 Å². The van der Waals surface area contributed by atoms with Crippen molar-refractivity contribution in [2.45, 2.75) is 6.42 Å². The number of aldehydes is 1. The third-order valence-electron chi connectivity index (χ3n) is 2.96. The van der Waals surface area contributed by atoms with Crippen LogP contribution in [0.1, 0.15) is 5.69 Å². The number of fused-ring (bicyclic) bond motifs is 1. The molecule has 0 atom stereocenters. The molecule has 0 saturated carbocycles. The molecule has 0 radical (unpaired) electrons. The maximum Gasteiger partial charge on any atom is 0.144 e. The van der Waals surface area contributed by atoms with Gasteiger partial charge in [-0.15, -0.1) is 0 Å². The number of hydrogen-bond acceptors (Lipinski definition) is 2. The molecule has 0 fully saturated rings. The Hall–Kier alpha value is -2.42. The number of benzene rings is 1. The van der Waals surface area contributed by atoms with E-state index < -0.39 is 0 Å². The van der Waals surface area contributed by atoms with Gasteiger partial charge in [0, 0.05) is 17.7 Å². The Morgan fingerprint density at radius 1 is 1.06 bits per heavy atom. The van der Waals surface area contributed by atoms with E-state index in [0.717, 1.165) is 28.9 Å². The highest BCUT2D eigenvalue weighted by Crippen LogP contribution is 2.21. The van der Waals surface area contributed by atoms with Gasteiger partial charge >= 0.3 is 0 Å². The van der Waals surface area contributed by atoms with Gasteiger partial charge in [0.2, 0.25) is 0 Å². The van der Waals surface area contributed by atoms with Crippen LogP contribution in [0.5, 0.6) is 0 Å². The quantitative estimate of drug-likeness (QED) is 0.655. The van der Waals surface area contributed by atoms with Crippen LogP contribution in [0.4, 0.5) is 0 Å². The number of rotatable bonds is 3. The molecule has 0 N–H and O–H groups in total. The van der Waals surface area contributed by atoms with E-state index in [9.17, 15) is 4.79 Å². The number of nitrogens with zero attached hydrogens (tertiary/aromatic N) is 2. The minimum atomic E-state index is 0.396. The van der Waals surface area contributed by atoms with Crippen LogP contribution in [0.3, 0.4) is 0 Å². The first-order valence-electron chi connectivity index (χ1n) is 5.84. The topological polar surface area (TPSA) is 34.4 Å². The molecule has 0 aliphatic carbocycles. The van der Waals surface area contributed by atoms with Crippen molar-refractivity contribution in [2.24, 2.45) is 0 Å². The van der Waals surface area contributed by atoms with Crippen LogP contribution in [-0.2, 0) is 11.2 Å². The van der Waals surface area contributed by atoms with Crippen LogP contribution in [-0.4, -0.2) is 15.7 Å². The monoisotopic (exact) mass is 236 g/mol. The molecule has 0 aliphatic heterocycles. The molecule has 3 heteroatoms. The van der Waals surface area contributed by atoms with Crippen LogP contribution >= 0.6 is 0 Å². The number of carbonyl (C=O) groups excluding carboxylic acids is 1. The van der Waals surface area contributed by atoms with Gasteiger partial charge in [0.05, 0.1) is 11.7 Å². The van der Waals surface area contributed by atoms with Gasteiger partial charge in [0.1, 0.15) is 12.1 Å². The normalized spacial score (nSPS) is 10.7. The van der Waals surface area contributed by atoms with Crippen molar-refractivity contribution in [1.29, 1.82) is 0 Å². The molecule has 0 unspecified atom stereocenters. The van der Waals surface area contributed by atoms with E-state index in [1.165, 1.54) is 0 Å². The lowest BCUT2D eigenvalue weighted by Gasteiger charge is -2.06. The zero-order chi connectivity index (χ0) is 12.4. The largest absolute Gasteiger partial charge is 0.303 e. The number of imidazole rings is 1. The van der Waals surface area contributed by atoms with E-state index in [0.29, 0.717) is 6.42 Å². The van der Waals surface area contributed by atoms with Crippen molar-refractivity contribution in [3.8, 4) is 11.4 Å². The molecule has 3 rings (SSSR count). The SMILES string of the molecule is O=CCc1cccc2cnc(-c3ccccc3)n12. The summed E-state index contributed by atoms with van der Waals surface area (Å²) in [6.45, 7) is 0. The Morgan fingerprint density at radius 2 is 1.89 bits per heavy atom. The van der Waals surface area contributed by atoms with E-state index in [4.69, 9.17) is 0 Å². The highest BCUT2D eigenvalue weighted by Gasteiger charge is 2.08. The highest BCUT2D eigenvalue weighted by atomic mass is 16.1. The molecule has 2 aromatic heterocycles. The Morgan fingerprint density at radius 3 is 2.67 bits per heavy atom. The summed E-state index contributed by atoms with van der Waals surface area (Å²) >= 11 is 0. The third-order valence-corrected chi connectivity index (χ3v) is 2.96. The zero-order valence-electron chi connectivity index (χ0n) is 9.78. The van der Waals surface area contributed by atoms with Gasteiger partial charge in [-0.2, -0.15) is 0 Å². The Balaban J connectivity index is 2.27. The van der Waals surface area contributed by atoms with Gasteiger partial charge in [-0.25, -0.2) is 4.98 Å². The minimum absolute atomic E-state index is 0.396. The number of carbonyl (C=O) groups is 1. The predicted molar refractivity (Wildman–Crippen MR) is 70.4 cm³/mol. The fraction of sp³-hybridized carbons (Fsp3) is 0.0667. The smallest absolute Gasteiger partial charge is 0.144 e. The van der Waals surface area contributed by atoms with Crippen molar-refractivity contribution >= 4 is 11.8 Å². The maximum atomic E-state index is 10.8. The molecule has 18 heavy (non-hydrogen) atoms. The number of hydrogen-bond donors (Lipinski definition) is 0. The Kier molecular flexibility index (Phi) is 2.65.